The van der Waals surface area contributed by atoms with E-state index < -0.39 is 0 Å². The van der Waals surface area contributed by atoms with Crippen LogP contribution in [0.4, 0.5) is 0 Å². The highest BCUT2D eigenvalue weighted by molar-refractivity contribution is 6.33. The lowest BCUT2D eigenvalue weighted by Crippen LogP contribution is -2.42. The first-order valence-electron chi connectivity index (χ1n) is 11.1. The predicted octanol–water partition coefficient (Wildman–Crippen LogP) is 5.20. The summed E-state index contributed by atoms with van der Waals surface area (Å²) in [5.74, 6) is 1.24. The van der Waals surface area contributed by atoms with Crippen LogP contribution in [0.25, 0.3) is 0 Å². The number of nitrogens with one attached hydrogen (secondary N) is 1. The fraction of sp³-hybridized carbons (Fsp3) is 0.296. The van der Waals surface area contributed by atoms with Gasteiger partial charge in [-0.2, -0.15) is 0 Å². The average molecular weight is 465 g/mol. The molecule has 1 aliphatic rings. The van der Waals surface area contributed by atoms with Gasteiger partial charge < -0.3 is 14.8 Å². The summed E-state index contributed by atoms with van der Waals surface area (Å²) in [6.45, 7) is 4.27. The lowest BCUT2D eigenvalue weighted by Gasteiger charge is -2.38. The van der Waals surface area contributed by atoms with E-state index in [2.05, 4.69) is 47.5 Å². The summed E-state index contributed by atoms with van der Waals surface area (Å²) in [6.07, 6.45) is 0.899. The molecule has 1 amide bonds. The van der Waals surface area contributed by atoms with Crippen molar-refractivity contribution in [1.82, 2.24) is 10.2 Å². The van der Waals surface area contributed by atoms with Crippen LogP contribution in [0.1, 0.15) is 38.7 Å². The highest BCUT2D eigenvalue weighted by atomic mass is 35.5. The zero-order valence-electron chi connectivity index (χ0n) is 19.2. The first-order valence-corrected chi connectivity index (χ1v) is 11.5. The fourth-order valence-electron chi connectivity index (χ4n) is 4.44. The molecule has 5 nitrogen and oxygen atoms in total. The SMILES string of the molecule is COc1cc2c(cc1OC)C(CNC(=O)c1ccccc1Cl)N(Cc1ccccc1C)CC2. The minimum atomic E-state index is -0.177. The summed E-state index contributed by atoms with van der Waals surface area (Å²) in [4.78, 5) is 15.3. The third-order valence-electron chi connectivity index (χ3n) is 6.32. The zero-order valence-corrected chi connectivity index (χ0v) is 20.0. The van der Waals surface area contributed by atoms with Crippen LogP contribution in [0.3, 0.4) is 0 Å². The van der Waals surface area contributed by atoms with Crippen LogP contribution in [0.15, 0.2) is 60.7 Å². The number of hydrogen-bond acceptors (Lipinski definition) is 4. The maximum atomic E-state index is 12.9. The summed E-state index contributed by atoms with van der Waals surface area (Å²) in [7, 11) is 3.30. The third kappa shape index (κ3) is 5.00. The van der Waals surface area contributed by atoms with Gasteiger partial charge >= 0.3 is 0 Å². The van der Waals surface area contributed by atoms with Gasteiger partial charge in [-0.3, -0.25) is 9.69 Å². The summed E-state index contributed by atoms with van der Waals surface area (Å²) in [6, 6.07) is 19.6. The van der Waals surface area contributed by atoms with Crippen molar-refractivity contribution >= 4 is 17.5 Å². The number of nitrogens with zero attached hydrogens (tertiary/aromatic N) is 1. The van der Waals surface area contributed by atoms with E-state index in [0.29, 0.717) is 22.9 Å². The summed E-state index contributed by atoms with van der Waals surface area (Å²) in [5.41, 5.74) is 5.38. The molecule has 1 aliphatic heterocycles. The summed E-state index contributed by atoms with van der Waals surface area (Å²) < 4.78 is 11.1. The molecule has 1 heterocycles. The van der Waals surface area contributed by atoms with E-state index >= 15 is 0 Å². The number of carbonyl (C=O) groups excluding carboxylic acids is 1. The van der Waals surface area contributed by atoms with Crippen LogP contribution in [-0.4, -0.2) is 38.1 Å². The summed E-state index contributed by atoms with van der Waals surface area (Å²) in [5, 5.41) is 3.56. The van der Waals surface area contributed by atoms with Crippen LogP contribution in [0.5, 0.6) is 11.5 Å². The molecule has 0 aromatic heterocycles. The Morgan fingerprint density at radius 1 is 1.06 bits per heavy atom. The number of methoxy groups -OCH3 is 2. The highest BCUT2D eigenvalue weighted by Gasteiger charge is 2.30. The smallest absolute Gasteiger partial charge is 0.252 e. The van der Waals surface area contributed by atoms with Crippen LogP contribution in [0, 0.1) is 6.92 Å². The second kappa shape index (κ2) is 10.3. The number of fused-ring (bicyclic) bond motifs is 1. The minimum Gasteiger partial charge on any atom is -0.493 e. The van der Waals surface area contributed by atoms with Crippen molar-refractivity contribution < 1.29 is 14.3 Å². The lowest BCUT2D eigenvalue weighted by molar-refractivity contribution is 0.0926. The molecule has 4 rings (SSSR count). The van der Waals surface area contributed by atoms with E-state index in [-0.39, 0.29) is 11.9 Å². The molecular weight excluding hydrogens is 436 g/mol. The molecule has 0 bridgehead atoms. The van der Waals surface area contributed by atoms with Gasteiger partial charge in [0.1, 0.15) is 0 Å². The maximum Gasteiger partial charge on any atom is 0.252 e. The molecule has 1 N–H and O–H groups in total. The molecule has 0 saturated carbocycles. The Balaban J connectivity index is 1.65. The van der Waals surface area contributed by atoms with Crippen molar-refractivity contribution in [2.24, 2.45) is 0 Å². The number of halogens is 1. The van der Waals surface area contributed by atoms with Gasteiger partial charge in [-0.05, 0) is 59.9 Å². The van der Waals surface area contributed by atoms with Crippen molar-refractivity contribution in [3.8, 4) is 11.5 Å². The van der Waals surface area contributed by atoms with Crippen LogP contribution < -0.4 is 14.8 Å². The average Bonchev–Trinajstić information content (AvgIpc) is 2.83. The lowest BCUT2D eigenvalue weighted by atomic mass is 9.91. The van der Waals surface area contributed by atoms with Crippen molar-refractivity contribution in [2.75, 3.05) is 27.3 Å². The van der Waals surface area contributed by atoms with Gasteiger partial charge in [-0.1, -0.05) is 48.0 Å². The molecule has 0 aliphatic carbocycles. The molecule has 33 heavy (non-hydrogen) atoms. The number of rotatable bonds is 7. The first kappa shape index (κ1) is 23.1. The number of aryl methyl sites for hydroxylation is 1. The topological polar surface area (TPSA) is 50.8 Å². The van der Waals surface area contributed by atoms with E-state index in [1.54, 1.807) is 26.4 Å². The molecule has 172 valence electrons. The van der Waals surface area contributed by atoms with E-state index in [1.165, 1.54) is 16.7 Å². The van der Waals surface area contributed by atoms with Gasteiger partial charge in [0, 0.05) is 19.6 Å². The normalized spacial score (nSPS) is 15.6. The van der Waals surface area contributed by atoms with Crippen molar-refractivity contribution in [1.29, 1.82) is 0 Å². The Labute approximate surface area is 200 Å². The molecule has 6 heteroatoms. The Bertz CT molecular complexity index is 1150. The molecule has 3 aromatic rings. The van der Waals surface area contributed by atoms with E-state index in [1.807, 2.05) is 18.2 Å². The molecule has 0 radical (unpaired) electrons. The van der Waals surface area contributed by atoms with Gasteiger partial charge in [0.2, 0.25) is 0 Å². The molecule has 0 saturated heterocycles. The molecular formula is C27H29ClN2O3. The molecule has 0 fully saturated rings. The monoisotopic (exact) mass is 464 g/mol. The van der Waals surface area contributed by atoms with Crippen molar-refractivity contribution in [3.05, 3.63) is 93.5 Å². The van der Waals surface area contributed by atoms with Gasteiger partial charge in [-0.25, -0.2) is 0 Å². The fourth-order valence-corrected chi connectivity index (χ4v) is 4.67. The number of benzene rings is 3. The van der Waals surface area contributed by atoms with Gasteiger partial charge in [0.25, 0.3) is 5.91 Å². The van der Waals surface area contributed by atoms with Crippen LogP contribution in [0.2, 0.25) is 5.02 Å². The summed E-state index contributed by atoms with van der Waals surface area (Å²) >= 11 is 6.25. The molecule has 0 spiro atoms. The number of carbonyl (C=O) groups is 1. The Morgan fingerprint density at radius 2 is 1.76 bits per heavy atom. The quantitative estimate of drug-likeness (QED) is 0.522. The van der Waals surface area contributed by atoms with E-state index in [4.69, 9.17) is 21.1 Å². The maximum absolute atomic E-state index is 12.9. The standard InChI is InChI=1S/C27H29ClN2O3/c1-18-8-4-5-9-20(18)17-30-13-12-19-14-25(32-2)26(33-3)15-22(19)24(30)16-29-27(31)21-10-6-7-11-23(21)28/h4-11,14-15,24H,12-13,16-17H2,1-3H3,(H,29,31). The first-order chi connectivity index (χ1) is 16.0. The van der Waals surface area contributed by atoms with Crippen molar-refractivity contribution in [3.63, 3.8) is 0 Å². The van der Waals surface area contributed by atoms with Crippen LogP contribution in [-0.2, 0) is 13.0 Å². The zero-order chi connectivity index (χ0) is 23.4. The molecule has 3 aromatic carbocycles. The van der Waals surface area contributed by atoms with Crippen molar-refractivity contribution in [2.45, 2.75) is 25.9 Å². The third-order valence-corrected chi connectivity index (χ3v) is 6.65. The number of ether oxygens (including phenoxy) is 2. The molecule has 1 atom stereocenters. The Morgan fingerprint density at radius 3 is 2.48 bits per heavy atom. The predicted molar refractivity (Wildman–Crippen MR) is 131 cm³/mol. The largest absolute Gasteiger partial charge is 0.493 e. The Kier molecular flexibility index (Phi) is 7.21. The van der Waals surface area contributed by atoms with E-state index in [0.717, 1.165) is 30.8 Å². The van der Waals surface area contributed by atoms with E-state index in [9.17, 15) is 4.79 Å². The van der Waals surface area contributed by atoms with Gasteiger partial charge in [-0.15, -0.1) is 0 Å². The minimum absolute atomic E-state index is 0.0143. The van der Waals surface area contributed by atoms with Gasteiger partial charge in [0.05, 0.1) is 30.8 Å². The number of amides is 1. The van der Waals surface area contributed by atoms with Gasteiger partial charge in [0.15, 0.2) is 11.5 Å². The number of hydrogen-bond donors (Lipinski definition) is 1. The molecule has 1 unspecified atom stereocenters. The Hall–Kier alpha value is -3.02. The van der Waals surface area contributed by atoms with Crippen LogP contribution >= 0.6 is 11.6 Å². The second-order valence-corrected chi connectivity index (χ2v) is 8.67. The second-order valence-electron chi connectivity index (χ2n) is 8.26. The highest BCUT2D eigenvalue weighted by Crippen LogP contribution is 2.38.